The van der Waals surface area contributed by atoms with Crippen molar-refractivity contribution < 1.29 is 23.5 Å². The van der Waals surface area contributed by atoms with Gasteiger partial charge in [-0.25, -0.2) is 0 Å². The minimum atomic E-state index is -0.656. The van der Waals surface area contributed by atoms with E-state index in [1.807, 2.05) is 32.0 Å². The maximum atomic E-state index is 12.7. The normalized spacial score (nSPS) is 11.7. The Morgan fingerprint density at radius 1 is 1.06 bits per heavy atom. The molecule has 1 atom stereocenters. The molecule has 0 aliphatic rings. The monoisotopic (exact) mass is 425 g/mol. The molecule has 3 aromatic rings. The van der Waals surface area contributed by atoms with Crippen molar-refractivity contribution >= 4 is 5.91 Å². The van der Waals surface area contributed by atoms with Crippen LogP contribution in [-0.2, 0) is 11.3 Å². The molecule has 0 radical (unpaired) electrons. The molecule has 3 rings (SSSR count). The Kier molecular flexibility index (Phi) is 6.79. The maximum Gasteiger partial charge on any atom is 0.263 e. The zero-order chi connectivity index (χ0) is 22.5. The Morgan fingerprint density at radius 3 is 2.48 bits per heavy atom. The first-order chi connectivity index (χ1) is 14.8. The van der Waals surface area contributed by atoms with Gasteiger partial charge < -0.3 is 23.6 Å². The van der Waals surface area contributed by atoms with E-state index < -0.39 is 6.10 Å². The van der Waals surface area contributed by atoms with Crippen molar-refractivity contribution in [2.75, 3.05) is 21.3 Å². The summed E-state index contributed by atoms with van der Waals surface area (Å²) < 4.78 is 21.8. The lowest BCUT2D eigenvalue weighted by molar-refractivity contribution is -0.137. The molecule has 0 bridgehead atoms. The largest absolute Gasteiger partial charge is 0.497 e. The van der Waals surface area contributed by atoms with Crippen LogP contribution in [-0.4, -0.2) is 48.3 Å². The average molecular weight is 425 g/mol. The molecule has 2 aromatic carbocycles. The van der Waals surface area contributed by atoms with Crippen LogP contribution in [0.4, 0.5) is 0 Å². The fourth-order valence-electron chi connectivity index (χ4n) is 3.04. The van der Waals surface area contributed by atoms with Gasteiger partial charge in [-0.1, -0.05) is 11.2 Å². The SMILES string of the molecule is COc1ccc(-c2noc(CN(C)C(=O)[C@H](C)Oc3ccc(C)c(C)c3)n2)c(OC)c1. The van der Waals surface area contributed by atoms with Gasteiger partial charge in [0.05, 0.1) is 26.3 Å². The number of nitrogens with zero attached hydrogens (tertiary/aromatic N) is 3. The summed E-state index contributed by atoms with van der Waals surface area (Å²) in [6.45, 7) is 5.91. The van der Waals surface area contributed by atoms with Gasteiger partial charge in [-0.05, 0) is 56.2 Å². The minimum absolute atomic E-state index is 0.158. The van der Waals surface area contributed by atoms with Crippen molar-refractivity contribution in [2.24, 2.45) is 0 Å². The van der Waals surface area contributed by atoms with Gasteiger partial charge in [0.15, 0.2) is 6.10 Å². The molecule has 0 saturated heterocycles. The van der Waals surface area contributed by atoms with Crippen molar-refractivity contribution in [3.05, 3.63) is 53.4 Å². The topological polar surface area (TPSA) is 86.9 Å². The second-order valence-corrected chi connectivity index (χ2v) is 7.28. The molecule has 0 N–H and O–H groups in total. The van der Waals surface area contributed by atoms with Crippen LogP contribution in [0.25, 0.3) is 11.4 Å². The molecule has 0 fully saturated rings. The van der Waals surface area contributed by atoms with E-state index in [1.165, 1.54) is 10.5 Å². The van der Waals surface area contributed by atoms with E-state index in [0.29, 0.717) is 34.5 Å². The Morgan fingerprint density at radius 2 is 1.81 bits per heavy atom. The molecule has 0 aliphatic heterocycles. The van der Waals surface area contributed by atoms with Crippen LogP contribution in [0.15, 0.2) is 40.9 Å². The first-order valence-corrected chi connectivity index (χ1v) is 9.86. The summed E-state index contributed by atoms with van der Waals surface area (Å²) in [7, 11) is 4.81. The first-order valence-electron chi connectivity index (χ1n) is 9.86. The Balaban J connectivity index is 1.67. The molecule has 1 aromatic heterocycles. The van der Waals surface area contributed by atoms with Crippen molar-refractivity contribution in [1.82, 2.24) is 15.0 Å². The fourth-order valence-corrected chi connectivity index (χ4v) is 3.04. The van der Waals surface area contributed by atoms with Gasteiger partial charge in [0.25, 0.3) is 5.91 Å². The third-order valence-electron chi connectivity index (χ3n) is 5.01. The lowest BCUT2D eigenvalue weighted by Crippen LogP contribution is -2.37. The molecule has 164 valence electrons. The van der Waals surface area contributed by atoms with Gasteiger partial charge in [-0.2, -0.15) is 4.98 Å². The van der Waals surface area contributed by atoms with E-state index in [4.69, 9.17) is 18.7 Å². The van der Waals surface area contributed by atoms with Gasteiger partial charge in [0, 0.05) is 13.1 Å². The second kappa shape index (κ2) is 9.51. The molecule has 1 heterocycles. The molecule has 0 aliphatic carbocycles. The van der Waals surface area contributed by atoms with Crippen molar-refractivity contribution in [2.45, 2.75) is 33.4 Å². The van der Waals surface area contributed by atoms with Gasteiger partial charge in [-0.15, -0.1) is 0 Å². The molecule has 0 saturated carbocycles. The zero-order valence-corrected chi connectivity index (χ0v) is 18.6. The highest BCUT2D eigenvalue weighted by Crippen LogP contribution is 2.31. The number of aromatic nitrogens is 2. The van der Waals surface area contributed by atoms with Gasteiger partial charge in [0.2, 0.25) is 11.7 Å². The Labute approximate surface area is 181 Å². The number of aryl methyl sites for hydroxylation is 2. The van der Waals surface area contributed by atoms with Crippen molar-refractivity contribution in [3.63, 3.8) is 0 Å². The van der Waals surface area contributed by atoms with E-state index in [0.717, 1.165) is 5.56 Å². The van der Waals surface area contributed by atoms with E-state index in [9.17, 15) is 4.79 Å². The number of carbonyl (C=O) groups is 1. The number of rotatable bonds is 8. The van der Waals surface area contributed by atoms with Crippen molar-refractivity contribution in [1.29, 1.82) is 0 Å². The third kappa shape index (κ3) is 5.14. The zero-order valence-electron chi connectivity index (χ0n) is 18.6. The molecule has 8 nitrogen and oxygen atoms in total. The van der Waals surface area contributed by atoms with E-state index in [2.05, 4.69) is 10.1 Å². The smallest absolute Gasteiger partial charge is 0.263 e. The molecular weight excluding hydrogens is 398 g/mol. The van der Waals surface area contributed by atoms with E-state index >= 15 is 0 Å². The summed E-state index contributed by atoms with van der Waals surface area (Å²) in [6.07, 6.45) is -0.656. The number of amides is 1. The summed E-state index contributed by atoms with van der Waals surface area (Å²) in [5, 5.41) is 4.02. The summed E-state index contributed by atoms with van der Waals surface area (Å²) in [5.41, 5.74) is 2.95. The lowest BCUT2D eigenvalue weighted by Gasteiger charge is -2.21. The van der Waals surface area contributed by atoms with Crippen LogP contribution in [0.3, 0.4) is 0 Å². The summed E-state index contributed by atoms with van der Waals surface area (Å²) >= 11 is 0. The average Bonchev–Trinajstić information content (AvgIpc) is 3.23. The van der Waals surface area contributed by atoms with E-state index in [-0.39, 0.29) is 12.5 Å². The predicted molar refractivity (Wildman–Crippen MR) is 115 cm³/mol. The Hall–Kier alpha value is -3.55. The quantitative estimate of drug-likeness (QED) is 0.542. The highest BCUT2D eigenvalue weighted by atomic mass is 16.5. The van der Waals surface area contributed by atoms with Crippen LogP contribution in [0, 0.1) is 13.8 Å². The highest BCUT2D eigenvalue weighted by molar-refractivity contribution is 5.80. The molecule has 0 spiro atoms. The first kappa shape index (κ1) is 22.1. The standard InChI is InChI=1S/C23H27N3O5/c1-14-7-8-18(11-15(14)2)30-16(3)23(27)26(4)13-21-24-22(25-31-21)19-10-9-17(28-5)12-20(19)29-6/h7-12,16H,13H2,1-6H3/t16-/m0/s1. The summed E-state index contributed by atoms with van der Waals surface area (Å²) in [4.78, 5) is 18.6. The Bertz CT molecular complexity index is 1060. The number of benzene rings is 2. The number of ether oxygens (including phenoxy) is 3. The van der Waals surface area contributed by atoms with Crippen LogP contribution in [0.1, 0.15) is 23.9 Å². The molecule has 31 heavy (non-hydrogen) atoms. The van der Waals surface area contributed by atoms with E-state index in [1.54, 1.807) is 46.4 Å². The number of hydrogen-bond donors (Lipinski definition) is 0. The van der Waals surface area contributed by atoms with Gasteiger partial charge in [0.1, 0.15) is 17.2 Å². The minimum Gasteiger partial charge on any atom is -0.497 e. The summed E-state index contributed by atoms with van der Waals surface area (Å²) in [6, 6.07) is 11.1. The third-order valence-corrected chi connectivity index (χ3v) is 5.01. The van der Waals surface area contributed by atoms with Gasteiger partial charge >= 0.3 is 0 Å². The lowest BCUT2D eigenvalue weighted by atomic mass is 10.1. The molecule has 8 heteroatoms. The number of hydrogen-bond acceptors (Lipinski definition) is 7. The van der Waals surface area contributed by atoms with Crippen LogP contribution < -0.4 is 14.2 Å². The number of methoxy groups -OCH3 is 2. The number of likely N-dealkylation sites (N-methyl/N-ethyl adjacent to an activating group) is 1. The summed E-state index contributed by atoms with van der Waals surface area (Å²) in [5.74, 6) is 2.36. The van der Waals surface area contributed by atoms with Crippen LogP contribution in [0.5, 0.6) is 17.2 Å². The molecule has 1 amide bonds. The van der Waals surface area contributed by atoms with Gasteiger partial charge in [-0.3, -0.25) is 4.79 Å². The molecule has 0 unspecified atom stereocenters. The van der Waals surface area contributed by atoms with Crippen LogP contribution >= 0.6 is 0 Å². The van der Waals surface area contributed by atoms with Crippen molar-refractivity contribution in [3.8, 4) is 28.6 Å². The number of carbonyl (C=O) groups excluding carboxylic acids is 1. The maximum absolute atomic E-state index is 12.7. The van der Waals surface area contributed by atoms with Crippen LogP contribution in [0.2, 0.25) is 0 Å². The fraction of sp³-hybridized carbons (Fsp3) is 0.348. The highest BCUT2D eigenvalue weighted by Gasteiger charge is 2.22. The second-order valence-electron chi connectivity index (χ2n) is 7.28. The molecular formula is C23H27N3O5. The predicted octanol–water partition coefficient (Wildman–Crippen LogP) is 3.80.